The van der Waals surface area contributed by atoms with Crippen molar-refractivity contribution in [2.24, 2.45) is 0 Å². The Hall–Kier alpha value is -1.30. The first-order valence-electron chi connectivity index (χ1n) is 6.94. The van der Waals surface area contributed by atoms with Gasteiger partial charge in [0, 0.05) is 16.3 Å². The van der Waals surface area contributed by atoms with Gasteiger partial charge in [-0.2, -0.15) is 0 Å². The van der Waals surface area contributed by atoms with Crippen LogP contribution in [0, 0.1) is 0 Å². The van der Waals surface area contributed by atoms with Crippen molar-refractivity contribution in [1.29, 1.82) is 0 Å². The van der Waals surface area contributed by atoms with Crippen LogP contribution in [-0.2, 0) is 0 Å². The zero-order valence-electron chi connectivity index (χ0n) is 11.9. The largest absolute Gasteiger partial charge is 0.388 e. The van der Waals surface area contributed by atoms with E-state index in [0.717, 1.165) is 15.5 Å². The molecule has 112 valence electrons. The van der Waals surface area contributed by atoms with E-state index in [4.69, 9.17) is 0 Å². The second-order valence-corrected chi connectivity index (χ2v) is 6.79. The number of aliphatic hydroxyl groups is 1. The Kier molecular flexibility index (Phi) is 6.29. The molecule has 2 aromatic rings. The van der Waals surface area contributed by atoms with Crippen molar-refractivity contribution in [2.75, 3.05) is 12.3 Å². The second kappa shape index (κ2) is 8.22. The van der Waals surface area contributed by atoms with Crippen LogP contribution in [0.25, 0.3) is 0 Å². The van der Waals surface area contributed by atoms with Crippen molar-refractivity contribution in [3.8, 4) is 0 Å². The highest BCUT2D eigenvalue weighted by atomic mass is 32.2. The smallest absolute Gasteiger partial charge is 0.252 e. The van der Waals surface area contributed by atoms with Crippen molar-refractivity contribution < 1.29 is 9.90 Å². The molecule has 0 bridgehead atoms. The van der Waals surface area contributed by atoms with Gasteiger partial charge in [-0.3, -0.25) is 4.79 Å². The first-order chi connectivity index (χ1) is 10.2. The fourth-order valence-electron chi connectivity index (χ4n) is 1.98. The summed E-state index contributed by atoms with van der Waals surface area (Å²) in [4.78, 5) is 14.1. The van der Waals surface area contributed by atoms with Gasteiger partial charge in [-0.1, -0.05) is 25.1 Å². The third-order valence-electron chi connectivity index (χ3n) is 3.01. The number of thioether (sulfide) groups is 1. The topological polar surface area (TPSA) is 49.3 Å². The fourth-order valence-corrected chi connectivity index (χ4v) is 3.52. The molecule has 0 aliphatic rings. The number of hydrogen-bond donors (Lipinski definition) is 2. The van der Waals surface area contributed by atoms with Crippen molar-refractivity contribution in [3.63, 3.8) is 0 Å². The van der Waals surface area contributed by atoms with Crippen molar-refractivity contribution in [3.05, 3.63) is 52.2 Å². The zero-order chi connectivity index (χ0) is 15.1. The summed E-state index contributed by atoms with van der Waals surface area (Å²) in [6, 6.07) is 11.4. The SMILES string of the molecule is CCSc1ccccc1C(=O)NCC[C@@H](O)c1cccs1. The van der Waals surface area contributed by atoms with Gasteiger partial charge in [0.2, 0.25) is 0 Å². The van der Waals surface area contributed by atoms with Gasteiger partial charge in [0.1, 0.15) is 0 Å². The summed E-state index contributed by atoms with van der Waals surface area (Å²) in [5, 5.41) is 14.8. The Morgan fingerprint density at radius 1 is 1.33 bits per heavy atom. The van der Waals surface area contributed by atoms with Crippen LogP contribution in [0.2, 0.25) is 0 Å². The van der Waals surface area contributed by atoms with Gasteiger partial charge in [0.15, 0.2) is 0 Å². The van der Waals surface area contributed by atoms with Gasteiger partial charge >= 0.3 is 0 Å². The second-order valence-electron chi connectivity index (χ2n) is 4.50. The molecule has 1 aromatic heterocycles. The molecule has 0 aliphatic heterocycles. The standard InChI is InChI=1S/C16H19NO2S2/c1-2-20-14-7-4-3-6-12(14)16(19)17-10-9-13(18)15-8-5-11-21-15/h3-8,11,13,18H,2,9-10H2,1H3,(H,17,19)/t13-/m1/s1. The number of benzene rings is 1. The van der Waals surface area contributed by atoms with Crippen LogP contribution in [0.3, 0.4) is 0 Å². The Morgan fingerprint density at radius 3 is 2.86 bits per heavy atom. The minimum Gasteiger partial charge on any atom is -0.388 e. The number of hydrogen-bond acceptors (Lipinski definition) is 4. The predicted molar refractivity (Wildman–Crippen MR) is 89.1 cm³/mol. The Labute approximate surface area is 133 Å². The average Bonchev–Trinajstić information content (AvgIpc) is 3.02. The fraction of sp³-hybridized carbons (Fsp3) is 0.312. The van der Waals surface area contributed by atoms with E-state index >= 15 is 0 Å². The molecule has 1 amide bonds. The number of amides is 1. The van der Waals surface area contributed by atoms with Crippen LogP contribution >= 0.6 is 23.1 Å². The first-order valence-corrected chi connectivity index (χ1v) is 8.80. The molecule has 0 saturated carbocycles. The molecule has 3 nitrogen and oxygen atoms in total. The highest BCUT2D eigenvalue weighted by Gasteiger charge is 2.12. The van der Waals surface area contributed by atoms with Gasteiger partial charge in [-0.25, -0.2) is 0 Å². The van der Waals surface area contributed by atoms with Gasteiger partial charge in [0.05, 0.1) is 11.7 Å². The summed E-state index contributed by atoms with van der Waals surface area (Å²) in [6.07, 6.45) is 0.0144. The number of aliphatic hydroxyl groups excluding tert-OH is 1. The minimum absolute atomic E-state index is 0.0788. The molecule has 0 fully saturated rings. The summed E-state index contributed by atoms with van der Waals surface area (Å²) in [5.74, 6) is 0.853. The summed E-state index contributed by atoms with van der Waals surface area (Å²) in [5.41, 5.74) is 0.704. The van der Waals surface area contributed by atoms with E-state index in [-0.39, 0.29) is 5.91 Å². The van der Waals surface area contributed by atoms with Crippen molar-refractivity contribution >= 4 is 29.0 Å². The maximum atomic E-state index is 12.2. The van der Waals surface area contributed by atoms with Crippen molar-refractivity contribution in [1.82, 2.24) is 5.32 Å². The highest BCUT2D eigenvalue weighted by molar-refractivity contribution is 7.99. The summed E-state index contributed by atoms with van der Waals surface area (Å²) >= 11 is 3.19. The first kappa shape index (κ1) is 16.1. The number of carbonyl (C=O) groups excluding carboxylic acids is 1. The van der Waals surface area contributed by atoms with Crippen LogP contribution < -0.4 is 5.32 Å². The summed E-state index contributed by atoms with van der Waals surface area (Å²) < 4.78 is 0. The molecule has 2 N–H and O–H groups in total. The molecular weight excluding hydrogens is 302 g/mol. The molecule has 1 heterocycles. The molecule has 0 radical (unpaired) electrons. The molecular formula is C16H19NO2S2. The van der Waals surface area contributed by atoms with E-state index in [1.165, 1.54) is 11.3 Å². The average molecular weight is 321 g/mol. The van der Waals surface area contributed by atoms with E-state index in [1.807, 2.05) is 41.8 Å². The molecule has 0 aliphatic carbocycles. The molecule has 0 spiro atoms. The lowest BCUT2D eigenvalue weighted by atomic mass is 10.2. The van der Waals surface area contributed by atoms with E-state index < -0.39 is 6.10 Å². The highest BCUT2D eigenvalue weighted by Crippen LogP contribution is 2.23. The van der Waals surface area contributed by atoms with Crippen molar-refractivity contribution in [2.45, 2.75) is 24.3 Å². The number of nitrogens with one attached hydrogen (secondary N) is 1. The van der Waals surface area contributed by atoms with Gasteiger partial charge in [0.25, 0.3) is 5.91 Å². The van der Waals surface area contributed by atoms with E-state index in [9.17, 15) is 9.90 Å². The third-order valence-corrected chi connectivity index (χ3v) is 4.94. The lowest BCUT2D eigenvalue weighted by Gasteiger charge is -2.11. The summed E-state index contributed by atoms with van der Waals surface area (Å²) in [7, 11) is 0. The van der Waals surface area contributed by atoms with Crippen LogP contribution in [-0.4, -0.2) is 23.3 Å². The van der Waals surface area contributed by atoms with Crippen LogP contribution in [0.15, 0.2) is 46.7 Å². The molecule has 0 saturated heterocycles. The molecule has 1 aromatic carbocycles. The lowest BCUT2D eigenvalue weighted by Crippen LogP contribution is -2.26. The predicted octanol–water partition coefficient (Wildman–Crippen LogP) is 3.71. The van der Waals surface area contributed by atoms with Crippen LogP contribution in [0.1, 0.15) is 34.7 Å². The number of thiophene rings is 1. The Morgan fingerprint density at radius 2 is 2.14 bits per heavy atom. The Bertz CT molecular complexity index is 569. The molecule has 1 atom stereocenters. The van der Waals surface area contributed by atoms with E-state index in [0.29, 0.717) is 18.5 Å². The zero-order valence-corrected chi connectivity index (χ0v) is 13.5. The van der Waals surface area contributed by atoms with E-state index in [1.54, 1.807) is 11.8 Å². The summed E-state index contributed by atoms with van der Waals surface area (Å²) in [6.45, 7) is 2.53. The maximum Gasteiger partial charge on any atom is 0.252 e. The van der Waals surface area contributed by atoms with Gasteiger partial charge in [-0.15, -0.1) is 23.1 Å². The minimum atomic E-state index is -0.509. The normalized spacial score (nSPS) is 12.1. The maximum absolute atomic E-state index is 12.2. The van der Waals surface area contributed by atoms with Gasteiger partial charge in [-0.05, 0) is 35.8 Å². The molecule has 21 heavy (non-hydrogen) atoms. The number of carbonyl (C=O) groups is 1. The third kappa shape index (κ3) is 4.59. The van der Waals surface area contributed by atoms with E-state index in [2.05, 4.69) is 12.2 Å². The number of rotatable bonds is 7. The Balaban J connectivity index is 1.87. The monoisotopic (exact) mass is 321 g/mol. The van der Waals surface area contributed by atoms with Crippen LogP contribution in [0.5, 0.6) is 0 Å². The van der Waals surface area contributed by atoms with Crippen LogP contribution in [0.4, 0.5) is 0 Å². The molecule has 0 unspecified atom stereocenters. The molecule has 5 heteroatoms. The molecule has 2 rings (SSSR count). The van der Waals surface area contributed by atoms with Gasteiger partial charge < -0.3 is 10.4 Å². The quantitative estimate of drug-likeness (QED) is 0.764. The lowest BCUT2D eigenvalue weighted by molar-refractivity contribution is 0.0940.